The van der Waals surface area contributed by atoms with Crippen molar-refractivity contribution in [2.24, 2.45) is 0 Å². The lowest BCUT2D eigenvalue weighted by atomic mass is 9.95. The number of carbonyl (C=O) groups excluding carboxylic acids is 2. The van der Waals surface area contributed by atoms with Gasteiger partial charge in [0, 0.05) is 24.5 Å². The molecule has 0 radical (unpaired) electrons. The highest BCUT2D eigenvalue weighted by molar-refractivity contribution is 6.46. The fourth-order valence-electron chi connectivity index (χ4n) is 3.94. The van der Waals surface area contributed by atoms with Crippen molar-refractivity contribution in [2.45, 2.75) is 19.5 Å². The van der Waals surface area contributed by atoms with Crippen LogP contribution in [0, 0.1) is 0 Å². The summed E-state index contributed by atoms with van der Waals surface area (Å²) in [6, 6.07) is 16.7. The topological polar surface area (TPSA) is 89.0 Å². The summed E-state index contributed by atoms with van der Waals surface area (Å²) in [7, 11) is 1.55. The molecule has 1 saturated heterocycles. The Labute approximate surface area is 191 Å². The highest BCUT2D eigenvalue weighted by Gasteiger charge is 2.46. The van der Waals surface area contributed by atoms with Crippen LogP contribution in [0.4, 0.5) is 0 Å². The van der Waals surface area contributed by atoms with Crippen molar-refractivity contribution in [3.63, 3.8) is 0 Å². The molecule has 1 aliphatic rings. The van der Waals surface area contributed by atoms with Crippen molar-refractivity contribution in [3.8, 4) is 11.5 Å². The van der Waals surface area contributed by atoms with E-state index in [1.807, 2.05) is 13.0 Å². The molecule has 0 saturated carbocycles. The van der Waals surface area contributed by atoms with E-state index in [0.717, 1.165) is 5.56 Å². The Morgan fingerprint density at radius 2 is 1.76 bits per heavy atom. The van der Waals surface area contributed by atoms with Crippen molar-refractivity contribution >= 4 is 17.4 Å². The smallest absolute Gasteiger partial charge is 0.295 e. The zero-order chi connectivity index (χ0) is 23.4. The van der Waals surface area contributed by atoms with Gasteiger partial charge in [-0.25, -0.2) is 0 Å². The number of benzene rings is 2. The Balaban J connectivity index is 1.86. The highest BCUT2D eigenvalue weighted by atomic mass is 16.5. The molecule has 7 heteroatoms. The quantitative estimate of drug-likeness (QED) is 0.335. The summed E-state index contributed by atoms with van der Waals surface area (Å²) in [6.45, 7) is 2.51. The molecule has 0 aliphatic carbocycles. The third-order valence-electron chi connectivity index (χ3n) is 5.47. The average Bonchev–Trinajstić information content (AvgIpc) is 3.09. The predicted octanol–water partition coefficient (Wildman–Crippen LogP) is 4.11. The summed E-state index contributed by atoms with van der Waals surface area (Å²) in [6.07, 6.45) is 3.26. The Bertz CT molecular complexity index is 1210. The molecule has 0 spiro atoms. The molecule has 2 heterocycles. The van der Waals surface area contributed by atoms with Gasteiger partial charge in [0.05, 0.1) is 25.3 Å². The molecule has 0 bridgehead atoms. The fourth-order valence-corrected chi connectivity index (χ4v) is 3.94. The van der Waals surface area contributed by atoms with Gasteiger partial charge in [-0.1, -0.05) is 24.3 Å². The van der Waals surface area contributed by atoms with Gasteiger partial charge >= 0.3 is 0 Å². The van der Waals surface area contributed by atoms with Crippen LogP contribution in [0.2, 0.25) is 0 Å². The van der Waals surface area contributed by atoms with E-state index in [1.165, 1.54) is 4.90 Å². The van der Waals surface area contributed by atoms with Crippen LogP contribution >= 0.6 is 0 Å². The molecular weight excluding hydrogens is 420 g/mol. The fraction of sp³-hybridized carbons (Fsp3) is 0.192. The van der Waals surface area contributed by atoms with E-state index < -0.39 is 17.7 Å². The number of methoxy groups -OCH3 is 1. The lowest BCUT2D eigenvalue weighted by Gasteiger charge is -2.25. The van der Waals surface area contributed by atoms with Gasteiger partial charge in [0.25, 0.3) is 11.7 Å². The van der Waals surface area contributed by atoms with Crippen LogP contribution < -0.4 is 9.47 Å². The predicted molar refractivity (Wildman–Crippen MR) is 123 cm³/mol. The Kier molecular flexibility index (Phi) is 6.40. The van der Waals surface area contributed by atoms with E-state index in [-0.39, 0.29) is 17.9 Å². The molecule has 1 atom stereocenters. The molecule has 3 aromatic rings. The minimum Gasteiger partial charge on any atom is -0.507 e. The molecule has 1 amide bonds. The summed E-state index contributed by atoms with van der Waals surface area (Å²) >= 11 is 0. The number of Topliss-reactive ketones (excluding diaryl/α,β-unsaturated/α-hetero) is 1. The van der Waals surface area contributed by atoms with Crippen LogP contribution in [0.5, 0.6) is 11.5 Å². The van der Waals surface area contributed by atoms with Gasteiger partial charge in [-0.2, -0.15) is 0 Å². The maximum absolute atomic E-state index is 13.2. The van der Waals surface area contributed by atoms with Crippen molar-refractivity contribution in [1.29, 1.82) is 0 Å². The van der Waals surface area contributed by atoms with Gasteiger partial charge in [-0.3, -0.25) is 14.6 Å². The second-order valence-corrected chi connectivity index (χ2v) is 7.52. The van der Waals surface area contributed by atoms with Crippen LogP contribution in [0.3, 0.4) is 0 Å². The first-order valence-electron chi connectivity index (χ1n) is 10.6. The van der Waals surface area contributed by atoms with Gasteiger partial charge in [-0.05, 0) is 54.4 Å². The lowest BCUT2D eigenvalue weighted by Crippen LogP contribution is -2.29. The van der Waals surface area contributed by atoms with Crippen molar-refractivity contribution in [1.82, 2.24) is 9.88 Å². The molecule has 4 rings (SSSR count). The molecular formula is C26H24N2O5. The second-order valence-electron chi connectivity index (χ2n) is 7.52. The lowest BCUT2D eigenvalue weighted by molar-refractivity contribution is -0.140. The maximum Gasteiger partial charge on any atom is 0.295 e. The average molecular weight is 444 g/mol. The number of likely N-dealkylation sites (tertiary alicyclic amines) is 1. The van der Waals surface area contributed by atoms with Crippen LogP contribution in [-0.4, -0.2) is 40.4 Å². The summed E-state index contributed by atoms with van der Waals surface area (Å²) < 4.78 is 10.9. The molecule has 1 fully saturated rings. The monoisotopic (exact) mass is 444 g/mol. The maximum atomic E-state index is 13.2. The van der Waals surface area contributed by atoms with Gasteiger partial charge in [0.2, 0.25) is 0 Å². The number of ether oxygens (including phenoxy) is 2. The van der Waals surface area contributed by atoms with Gasteiger partial charge < -0.3 is 19.5 Å². The number of hydrogen-bond donors (Lipinski definition) is 1. The first-order valence-corrected chi connectivity index (χ1v) is 10.6. The first kappa shape index (κ1) is 22.1. The van der Waals surface area contributed by atoms with Crippen LogP contribution in [0.1, 0.15) is 29.7 Å². The Hall–Kier alpha value is -4.13. The number of pyridine rings is 1. The summed E-state index contributed by atoms with van der Waals surface area (Å²) in [5.74, 6) is -0.524. The molecule has 168 valence electrons. The number of aliphatic hydroxyl groups is 1. The second kappa shape index (κ2) is 9.56. The molecule has 7 nitrogen and oxygen atoms in total. The normalized spacial score (nSPS) is 17.3. The minimum absolute atomic E-state index is 0.0240. The van der Waals surface area contributed by atoms with Crippen LogP contribution in [-0.2, 0) is 16.1 Å². The number of ketones is 1. The van der Waals surface area contributed by atoms with E-state index in [9.17, 15) is 14.7 Å². The number of rotatable bonds is 7. The number of aliphatic hydroxyl groups excluding tert-OH is 1. The molecule has 2 aromatic carbocycles. The third-order valence-corrected chi connectivity index (χ3v) is 5.47. The zero-order valence-corrected chi connectivity index (χ0v) is 18.4. The number of hydrogen-bond acceptors (Lipinski definition) is 6. The largest absolute Gasteiger partial charge is 0.507 e. The Morgan fingerprint density at radius 1 is 1.03 bits per heavy atom. The zero-order valence-electron chi connectivity index (χ0n) is 18.4. The van der Waals surface area contributed by atoms with Gasteiger partial charge in [0.1, 0.15) is 17.3 Å². The standard InChI is InChI=1S/C26H24N2O5/c1-3-33-21-9-5-7-19(15-21)24(29)22-23(18-6-4-8-20(14-18)32-2)28(26(31)25(22)30)16-17-10-12-27-13-11-17/h4-15,23,29H,3,16H2,1-2H3/t23-/m0/s1. The van der Waals surface area contributed by atoms with E-state index >= 15 is 0 Å². The first-order chi connectivity index (χ1) is 16.0. The molecule has 33 heavy (non-hydrogen) atoms. The summed E-state index contributed by atoms with van der Waals surface area (Å²) in [5.41, 5.74) is 1.90. The van der Waals surface area contributed by atoms with E-state index in [4.69, 9.17) is 9.47 Å². The van der Waals surface area contributed by atoms with E-state index in [0.29, 0.717) is 29.2 Å². The van der Waals surface area contributed by atoms with Gasteiger partial charge in [-0.15, -0.1) is 0 Å². The summed E-state index contributed by atoms with van der Waals surface area (Å²) in [4.78, 5) is 31.8. The number of carbonyl (C=O) groups is 2. The number of aromatic nitrogens is 1. The van der Waals surface area contributed by atoms with E-state index in [2.05, 4.69) is 4.98 Å². The SMILES string of the molecule is CCOc1cccc(C(O)=C2C(=O)C(=O)N(Cc3ccncc3)[C@H]2c2cccc(OC)c2)c1. The molecule has 1 aliphatic heterocycles. The van der Waals surface area contributed by atoms with E-state index in [1.54, 1.807) is 74.1 Å². The van der Waals surface area contributed by atoms with Gasteiger partial charge in [0.15, 0.2) is 0 Å². The highest BCUT2D eigenvalue weighted by Crippen LogP contribution is 2.41. The molecule has 0 unspecified atom stereocenters. The summed E-state index contributed by atoms with van der Waals surface area (Å²) in [5, 5.41) is 11.2. The third kappa shape index (κ3) is 4.43. The minimum atomic E-state index is -0.788. The number of nitrogens with zero attached hydrogens (tertiary/aromatic N) is 2. The van der Waals surface area contributed by atoms with Crippen molar-refractivity contribution in [2.75, 3.05) is 13.7 Å². The Morgan fingerprint density at radius 3 is 2.48 bits per heavy atom. The van der Waals surface area contributed by atoms with Crippen LogP contribution in [0.15, 0.2) is 78.6 Å². The number of amides is 1. The van der Waals surface area contributed by atoms with Crippen LogP contribution in [0.25, 0.3) is 5.76 Å². The molecule has 1 aromatic heterocycles. The van der Waals surface area contributed by atoms with Crippen molar-refractivity contribution in [3.05, 3.63) is 95.3 Å². The molecule has 1 N–H and O–H groups in total. The van der Waals surface area contributed by atoms with Crippen molar-refractivity contribution < 1.29 is 24.2 Å².